The van der Waals surface area contributed by atoms with Crippen molar-refractivity contribution in [3.8, 4) is 5.75 Å². The van der Waals surface area contributed by atoms with Crippen molar-refractivity contribution >= 4 is 11.6 Å². The lowest BCUT2D eigenvalue weighted by Crippen LogP contribution is -2.52. The summed E-state index contributed by atoms with van der Waals surface area (Å²) < 4.78 is 56.6. The first kappa shape index (κ1) is 19.2. The van der Waals surface area contributed by atoms with Crippen LogP contribution < -0.4 is 4.74 Å². The first-order valence-corrected chi connectivity index (χ1v) is 7.57. The minimum absolute atomic E-state index is 0.0123. The Morgan fingerprint density at radius 1 is 1.28 bits per heavy atom. The molecule has 0 spiro atoms. The van der Waals surface area contributed by atoms with Gasteiger partial charge < -0.3 is 9.84 Å². The number of amides is 1. The van der Waals surface area contributed by atoms with Crippen LogP contribution in [0, 0.1) is 0 Å². The lowest BCUT2D eigenvalue weighted by atomic mass is 10.0. The number of ether oxygens (including phenoxy) is 1. The number of nitrogens with zero attached hydrogens (tertiary/aromatic N) is 2. The summed E-state index contributed by atoms with van der Waals surface area (Å²) in [4.78, 5) is 12.0. The molecule has 0 radical (unpaired) electrons. The van der Waals surface area contributed by atoms with E-state index in [0.29, 0.717) is 11.7 Å². The molecular formula is C16H18F4N2O3. The van der Waals surface area contributed by atoms with Crippen molar-refractivity contribution in [2.45, 2.75) is 44.8 Å². The van der Waals surface area contributed by atoms with Crippen LogP contribution in [0.3, 0.4) is 0 Å². The fourth-order valence-corrected chi connectivity index (χ4v) is 2.31. The van der Waals surface area contributed by atoms with E-state index in [0.717, 1.165) is 5.56 Å². The summed E-state index contributed by atoms with van der Waals surface area (Å²) in [5.74, 6) is -0.551. The Hall–Kier alpha value is -2.16. The number of carbonyl (C=O) groups is 1. The van der Waals surface area contributed by atoms with Gasteiger partial charge in [0.05, 0.1) is 0 Å². The Balaban J connectivity index is 2.07. The molecule has 0 unspecified atom stereocenters. The van der Waals surface area contributed by atoms with Gasteiger partial charge in [0.25, 0.3) is 18.8 Å². The summed E-state index contributed by atoms with van der Waals surface area (Å²) in [6.45, 7) is 3.27. The molecule has 0 fully saturated rings. The van der Waals surface area contributed by atoms with E-state index >= 15 is 0 Å². The van der Waals surface area contributed by atoms with Gasteiger partial charge in [0, 0.05) is 6.42 Å². The highest BCUT2D eigenvalue weighted by Gasteiger charge is 2.53. The van der Waals surface area contributed by atoms with Crippen molar-refractivity contribution in [3.05, 3.63) is 29.8 Å². The van der Waals surface area contributed by atoms with Gasteiger partial charge in [0.15, 0.2) is 6.61 Å². The molecule has 1 aliphatic heterocycles. The lowest BCUT2D eigenvalue weighted by Gasteiger charge is -2.29. The first-order chi connectivity index (χ1) is 11.6. The van der Waals surface area contributed by atoms with Crippen LogP contribution in [0.4, 0.5) is 17.6 Å². The number of halogens is 4. The van der Waals surface area contributed by atoms with Gasteiger partial charge in [0.1, 0.15) is 11.5 Å². The van der Waals surface area contributed by atoms with E-state index in [1.165, 1.54) is 0 Å². The predicted octanol–water partition coefficient (Wildman–Crippen LogP) is 3.00. The molecule has 1 N–H and O–H groups in total. The summed E-state index contributed by atoms with van der Waals surface area (Å²) in [5, 5.41) is 13.0. The van der Waals surface area contributed by atoms with E-state index in [1.807, 2.05) is 13.8 Å². The molecule has 0 saturated carbocycles. The number of aliphatic hydroxyl groups is 1. The number of alkyl halides is 4. The minimum Gasteiger partial charge on any atom is -0.484 e. The maximum Gasteiger partial charge on any atom is 0.287 e. The van der Waals surface area contributed by atoms with Gasteiger partial charge in [-0.05, 0) is 23.6 Å². The molecule has 9 heteroatoms. The zero-order valence-electron chi connectivity index (χ0n) is 13.6. The highest BCUT2D eigenvalue weighted by molar-refractivity contribution is 5.93. The van der Waals surface area contributed by atoms with Gasteiger partial charge in [-0.15, -0.1) is 0 Å². The molecular weight excluding hydrogens is 344 g/mol. The zero-order valence-corrected chi connectivity index (χ0v) is 13.6. The van der Waals surface area contributed by atoms with Crippen molar-refractivity contribution in [1.82, 2.24) is 5.01 Å². The minimum atomic E-state index is -3.46. The molecule has 0 aliphatic carbocycles. The standard InChI is InChI=1S/C16H18F4N2O3/c1-9(2)10-3-5-11(6-4-10)25-8-13(23)22-16(24,15(19)20)7-12(21-22)14(17)18/h3-6,9,14-15,24H,7-8H2,1-2H3/t16-/m0/s1. The van der Waals surface area contributed by atoms with E-state index in [1.54, 1.807) is 24.3 Å². The molecule has 2 rings (SSSR count). The van der Waals surface area contributed by atoms with E-state index in [-0.39, 0.29) is 5.01 Å². The molecule has 0 saturated heterocycles. The summed E-state index contributed by atoms with van der Waals surface area (Å²) in [6, 6.07) is 6.76. The second-order valence-electron chi connectivity index (χ2n) is 5.97. The summed E-state index contributed by atoms with van der Waals surface area (Å²) in [5.41, 5.74) is -3.03. The molecule has 0 aromatic heterocycles. The Bertz CT molecular complexity index is 649. The molecule has 25 heavy (non-hydrogen) atoms. The maximum atomic E-state index is 13.1. The second kappa shape index (κ2) is 7.38. The average molecular weight is 362 g/mol. The Morgan fingerprint density at radius 2 is 1.88 bits per heavy atom. The van der Waals surface area contributed by atoms with Gasteiger partial charge in [0.2, 0.25) is 5.72 Å². The Kier molecular flexibility index (Phi) is 5.66. The van der Waals surface area contributed by atoms with Crippen LogP contribution in [0.2, 0.25) is 0 Å². The lowest BCUT2D eigenvalue weighted by molar-refractivity contribution is -0.193. The highest BCUT2D eigenvalue weighted by atomic mass is 19.3. The van der Waals surface area contributed by atoms with E-state index in [2.05, 4.69) is 5.10 Å². The number of hydrazone groups is 1. The largest absolute Gasteiger partial charge is 0.484 e. The van der Waals surface area contributed by atoms with Crippen molar-refractivity contribution in [2.75, 3.05) is 6.61 Å². The molecule has 1 heterocycles. The van der Waals surface area contributed by atoms with Gasteiger partial charge in [-0.25, -0.2) is 17.6 Å². The second-order valence-corrected chi connectivity index (χ2v) is 5.97. The molecule has 138 valence electrons. The van der Waals surface area contributed by atoms with E-state index < -0.39 is 43.2 Å². The van der Waals surface area contributed by atoms with Crippen LogP contribution >= 0.6 is 0 Å². The third-order valence-corrected chi connectivity index (χ3v) is 3.78. The number of hydrogen-bond acceptors (Lipinski definition) is 4. The highest BCUT2D eigenvalue weighted by Crippen LogP contribution is 2.33. The fraction of sp³-hybridized carbons (Fsp3) is 0.500. The molecule has 1 aliphatic rings. The molecule has 5 nitrogen and oxygen atoms in total. The maximum absolute atomic E-state index is 13.1. The van der Waals surface area contributed by atoms with Crippen molar-refractivity contribution in [1.29, 1.82) is 0 Å². The average Bonchev–Trinajstić information content (AvgIpc) is 2.92. The van der Waals surface area contributed by atoms with Gasteiger partial charge in [-0.2, -0.15) is 10.1 Å². The number of benzene rings is 1. The first-order valence-electron chi connectivity index (χ1n) is 7.57. The summed E-state index contributed by atoms with van der Waals surface area (Å²) >= 11 is 0. The van der Waals surface area contributed by atoms with E-state index in [9.17, 15) is 27.5 Å². The summed E-state index contributed by atoms with van der Waals surface area (Å²) in [6.07, 6.45) is -7.72. The van der Waals surface area contributed by atoms with Crippen LogP contribution in [0.5, 0.6) is 5.75 Å². The number of hydrogen-bond donors (Lipinski definition) is 1. The Morgan fingerprint density at radius 3 is 2.36 bits per heavy atom. The summed E-state index contributed by atoms with van der Waals surface area (Å²) in [7, 11) is 0. The third-order valence-electron chi connectivity index (χ3n) is 3.78. The van der Waals surface area contributed by atoms with Gasteiger partial charge >= 0.3 is 0 Å². The Labute approximate surface area is 141 Å². The van der Waals surface area contributed by atoms with Crippen LogP contribution in [0.15, 0.2) is 29.4 Å². The van der Waals surface area contributed by atoms with Gasteiger partial charge in [-0.1, -0.05) is 26.0 Å². The van der Waals surface area contributed by atoms with Crippen molar-refractivity contribution in [3.63, 3.8) is 0 Å². The molecule has 1 amide bonds. The fourth-order valence-electron chi connectivity index (χ4n) is 2.31. The van der Waals surface area contributed by atoms with Gasteiger partial charge in [-0.3, -0.25) is 4.79 Å². The van der Waals surface area contributed by atoms with Crippen LogP contribution in [0.25, 0.3) is 0 Å². The normalized spacial score (nSPS) is 20.6. The quantitative estimate of drug-likeness (QED) is 0.792. The molecule has 1 aromatic carbocycles. The molecule has 1 aromatic rings. The monoisotopic (exact) mass is 362 g/mol. The zero-order chi connectivity index (χ0) is 18.8. The number of rotatable bonds is 6. The van der Waals surface area contributed by atoms with Crippen LogP contribution in [-0.2, 0) is 4.79 Å². The van der Waals surface area contributed by atoms with Crippen LogP contribution in [-0.4, -0.2) is 46.9 Å². The molecule has 0 bridgehead atoms. The topological polar surface area (TPSA) is 62.1 Å². The van der Waals surface area contributed by atoms with Crippen molar-refractivity contribution in [2.24, 2.45) is 5.10 Å². The SMILES string of the molecule is CC(C)c1ccc(OCC(=O)N2N=C(C(F)F)C[C@]2(O)C(F)F)cc1. The smallest absolute Gasteiger partial charge is 0.287 e. The molecule has 1 atom stereocenters. The van der Waals surface area contributed by atoms with Crippen LogP contribution in [0.1, 0.15) is 31.7 Å². The van der Waals surface area contributed by atoms with E-state index in [4.69, 9.17) is 4.74 Å². The predicted molar refractivity (Wildman–Crippen MR) is 81.9 cm³/mol. The number of carbonyl (C=O) groups excluding carboxylic acids is 1. The van der Waals surface area contributed by atoms with Crippen molar-refractivity contribution < 1.29 is 32.2 Å². The third kappa shape index (κ3) is 4.09.